The average molecular weight is 412 g/mol. The minimum atomic E-state index is -5.04. The molecule has 11 heteroatoms. The molecule has 1 heterocycles. The number of carbonyl (C=O) groups excluding carboxylic acids is 2. The van der Waals surface area contributed by atoms with Gasteiger partial charge < -0.3 is 10.1 Å². The summed E-state index contributed by atoms with van der Waals surface area (Å²) in [6.07, 6.45) is -3.47. The molecule has 0 unspecified atom stereocenters. The van der Waals surface area contributed by atoms with Crippen LogP contribution in [-0.2, 0) is 11.3 Å². The number of anilines is 1. The van der Waals surface area contributed by atoms with Crippen molar-refractivity contribution in [2.75, 3.05) is 5.32 Å². The molecule has 154 valence electrons. The molecule has 0 saturated heterocycles. The van der Waals surface area contributed by atoms with Gasteiger partial charge in [-0.25, -0.2) is 14.4 Å². The smallest absolute Gasteiger partial charge is 0.403 e. The molecule has 0 aliphatic heterocycles. The Hall–Kier alpha value is -3.24. The summed E-state index contributed by atoms with van der Waals surface area (Å²) in [5.41, 5.74) is 0.142. The Kier molecular flexibility index (Phi) is 5.66. The molecule has 1 aliphatic carbocycles. The van der Waals surface area contributed by atoms with Gasteiger partial charge in [0.05, 0.1) is 0 Å². The van der Waals surface area contributed by atoms with Gasteiger partial charge in [0, 0.05) is 23.7 Å². The standard InChI is InChI=1S/C18H16F4N4O3/c1-9-7-12(25-17(24-9)26-15(27)10-5-6-10)16(28)23-8-11-3-2-4-13(14(11)19)29-18(20,21)22/h2-4,7,10H,5-6,8H2,1H3,(H,23,28)(H,24,25,26,27). The van der Waals surface area contributed by atoms with Crippen LogP contribution >= 0.6 is 0 Å². The van der Waals surface area contributed by atoms with Crippen LogP contribution < -0.4 is 15.4 Å². The van der Waals surface area contributed by atoms with Crippen molar-refractivity contribution in [2.45, 2.75) is 32.7 Å². The third-order valence-corrected chi connectivity index (χ3v) is 3.98. The van der Waals surface area contributed by atoms with Crippen LogP contribution in [0.1, 0.15) is 34.6 Å². The predicted octanol–water partition coefficient (Wildman–Crippen LogP) is 3.10. The lowest BCUT2D eigenvalue weighted by Crippen LogP contribution is -2.26. The van der Waals surface area contributed by atoms with E-state index in [-0.39, 0.29) is 29.0 Å². The number of nitrogens with zero attached hydrogens (tertiary/aromatic N) is 2. The highest BCUT2D eigenvalue weighted by molar-refractivity contribution is 5.95. The first-order chi connectivity index (χ1) is 13.6. The van der Waals surface area contributed by atoms with Gasteiger partial charge in [-0.1, -0.05) is 12.1 Å². The second-order valence-electron chi connectivity index (χ2n) is 6.44. The highest BCUT2D eigenvalue weighted by Gasteiger charge is 2.33. The largest absolute Gasteiger partial charge is 0.573 e. The molecular weight excluding hydrogens is 396 g/mol. The number of benzene rings is 1. The van der Waals surface area contributed by atoms with Gasteiger partial charge in [-0.3, -0.25) is 14.9 Å². The average Bonchev–Trinajstić information content (AvgIpc) is 3.46. The summed E-state index contributed by atoms with van der Waals surface area (Å²) >= 11 is 0. The normalized spacial score (nSPS) is 13.7. The molecule has 7 nitrogen and oxygen atoms in total. The van der Waals surface area contributed by atoms with Crippen molar-refractivity contribution in [2.24, 2.45) is 5.92 Å². The lowest BCUT2D eigenvalue weighted by molar-refractivity contribution is -0.275. The molecule has 2 N–H and O–H groups in total. The lowest BCUT2D eigenvalue weighted by atomic mass is 10.2. The van der Waals surface area contributed by atoms with Crippen LogP contribution in [0.4, 0.5) is 23.5 Å². The summed E-state index contributed by atoms with van der Waals surface area (Å²) in [5.74, 6) is -3.28. The third kappa shape index (κ3) is 5.62. The fourth-order valence-electron chi connectivity index (χ4n) is 2.46. The minimum absolute atomic E-state index is 0.0289. The van der Waals surface area contributed by atoms with Crippen molar-refractivity contribution >= 4 is 17.8 Å². The molecule has 1 aromatic heterocycles. The van der Waals surface area contributed by atoms with Crippen LogP contribution in [0, 0.1) is 18.7 Å². The number of aryl methyl sites for hydroxylation is 1. The summed E-state index contributed by atoms with van der Waals surface area (Å²) < 4.78 is 54.7. The van der Waals surface area contributed by atoms with Crippen molar-refractivity contribution in [3.05, 3.63) is 47.0 Å². The Morgan fingerprint density at radius 1 is 1.24 bits per heavy atom. The summed E-state index contributed by atoms with van der Waals surface area (Å²) in [6.45, 7) is 1.20. The zero-order chi connectivity index (χ0) is 21.2. The van der Waals surface area contributed by atoms with E-state index in [1.54, 1.807) is 6.92 Å². The van der Waals surface area contributed by atoms with Crippen LogP contribution in [0.25, 0.3) is 0 Å². The molecule has 0 spiro atoms. The highest BCUT2D eigenvalue weighted by atomic mass is 19.4. The van der Waals surface area contributed by atoms with Crippen molar-refractivity contribution in [3.63, 3.8) is 0 Å². The topological polar surface area (TPSA) is 93.2 Å². The van der Waals surface area contributed by atoms with E-state index in [0.29, 0.717) is 5.69 Å². The maximum Gasteiger partial charge on any atom is 0.573 e. The zero-order valence-electron chi connectivity index (χ0n) is 15.1. The van der Waals surface area contributed by atoms with E-state index in [9.17, 15) is 27.2 Å². The summed E-state index contributed by atoms with van der Waals surface area (Å²) in [4.78, 5) is 32.2. The highest BCUT2D eigenvalue weighted by Crippen LogP contribution is 2.30. The molecular formula is C18H16F4N4O3. The number of amides is 2. The van der Waals surface area contributed by atoms with Crippen molar-refractivity contribution < 1.29 is 31.9 Å². The minimum Gasteiger partial charge on any atom is -0.403 e. The van der Waals surface area contributed by atoms with Crippen LogP contribution in [-0.4, -0.2) is 28.1 Å². The van der Waals surface area contributed by atoms with E-state index < -0.39 is 30.4 Å². The first-order valence-corrected chi connectivity index (χ1v) is 8.60. The maximum atomic E-state index is 14.2. The molecule has 1 aromatic carbocycles. The third-order valence-electron chi connectivity index (χ3n) is 3.98. The first-order valence-electron chi connectivity index (χ1n) is 8.60. The molecule has 0 radical (unpaired) electrons. The summed E-state index contributed by atoms with van der Waals surface area (Å²) in [7, 11) is 0. The fourth-order valence-corrected chi connectivity index (χ4v) is 2.46. The molecule has 1 saturated carbocycles. The van der Waals surface area contributed by atoms with Gasteiger partial charge in [-0.2, -0.15) is 0 Å². The Bertz CT molecular complexity index is 945. The molecule has 2 aromatic rings. The van der Waals surface area contributed by atoms with Crippen LogP contribution in [0.15, 0.2) is 24.3 Å². The molecule has 1 aliphatic rings. The molecule has 29 heavy (non-hydrogen) atoms. The molecule has 3 rings (SSSR count). The van der Waals surface area contributed by atoms with Gasteiger partial charge in [0.1, 0.15) is 5.69 Å². The second-order valence-corrected chi connectivity index (χ2v) is 6.44. The van der Waals surface area contributed by atoms with E-state index in [4.69, 9.17) is 0 Å². The number of carbonyl (C=O) groups is 2. The molecule has 0 bridgehead atoms. The monoisotopic (exact) mass is 412 g/mol. The second kappa shape index (κ2) is 8.02. The Balaban J connectivity index is 1.68. The Morgan fingerprint density at radius 3 is 2.62 bits per heavy atom. The number of aromatic nitrogens is 2. The number of hydrogen-bond acceptors (Lipinski definition) is 5. The van der Waals surface area contributed by atoms with Crippen LogP contribution in [0.2, 0.25) is 0 Å². The number of alkyl halides is 3. The quantitative estimate of drug-likeness (QED) is 0.712. The van der Waals surface area contributed by atoms with E-state index >= 15 is 0 Å². The lowest BCUT2D eigenvalue weighted by Gasteiger charge is -2.12. The Labute approximate surface area is 162 Å². The summed E-state index contributed by atoms with van der Waals surface area (Å²) in [6, 6.07) is 4.58. The van der Waals surface area contributed by atoms with Gasteiger partial charge in [0.15, 0.2) is 11.6 Å². The molecule has 2 amide bonds. The zero-order valence-corrected chi connectivity index (χ0v) is 15.1. The number of rotatable bonds is 6. The fraction of sp³-hybridized carbons (Fsp3) is 0.333. The molecule has 0 atom stereocenters. The first kappa shape index (κ1) is 20.5. The van der Waals surface area contributed by atoms with Gasteiger partial charge in [-0.15, -0.1) is 13.2 Å². The van der Waals surface area contributed by atoms with Gasteiger partial charge in [0.25, 0.3) is 5.91 Å². The van der Waals surface area contributed by atoms with Crippen LogP contribution in [0.3, 0.4) is 0 Å². The Morgan fingerprint density at radius 2 is 1.97 bits per heavy atom. The number of hydrogen-bond donors (Lipinski definition) is 2. The molecule has 1 fully saturated rings. The van der Waals surface area contributed by atoms with Crippen molar-refractivity contribution in [1.29, 1.82) is 0 Å². The SMILES string of the molecule is Cc1cc(C(=O)NCc2cccc(OC(F)(F)F)c2F)nc(NC(=O)C2CC2)n1. The van der Waals surface area contributed by atoms with Crippen molar-refractivity contribution in [3.8, 4) is 5.75 Å². The maximum absolute atomic E-state index is 14.2. The van der Waals surface area contributed by atoms with Crippen molar-refractivity contribution in [1.82, 2.24) is 15.3 Å². The van der Waals surface area contributed by atoms with Gasteiger partial charge >= 0.3 is 6.36 Å². The van der Waals surface area contributed by atoms with E-state index in [1.165, 1.54) is 18.2 Å². The van der Waals surface area contributed by atoms with E-state index in [1.807, 2.05) is 0 Å². The predicted molar refractivity (Wildman–Crippen MR) is 92.4 cm³/mol. The van der Waals surface area contributed by atoms with E-state index in [2.05, 4.69) is 25.3 Å². The van der Waals surface area contributed by atoms with E-state index in [0.717, 1.165) is 18.9 Å². The number of nitrogens with one attached hydrogen (secondary N) is 2. The summed E-state index contributed by atoms with van der Waals surface area (Å²) in [5, 5.41) is 4.90. The van der Waals surface area contributed by atoms with Crippen LogP contribution in [0.5, 0.6) is 5.75 Å². The van der Waals surface area contributed by atoms with Gasteiger partial charge in [-0.05, 0) is 31.9 Å². The number of ether oxygens (including phenoxy) is 1. The van der Waals surface area contributed by atoms with Gasteiger partial charge in [0.2, 0.25) is 11.9 Å². The number of halogens is 4.